The number of nitrogens with zero attached hydrogens (tertiary/aromatic N) is 3. The Morgan fingerprint density at radius 2 is 1.88 bits per heavy atom. The van der Waals surface area contributed by atoms with Crippen LogP contribution in [0.5, 0.6) is 0 Å². The molecule has 2 atom stereocenters. The van der Waals surface area contributed by atoms with Gasteiger partial charge in [-0.15, -0.1) is 11.6 Å². The lowest BCUT2D eigenvalue weighted by molar-refractivity contribution is 0.276. The van der Waals surface area contributed by atoms with Crippen LogP contribution in [0.1, 0.15) is 45.7 Å². The highest BCUT2D eigenvalue weighted by Gasteiger charge is 2.37. The van der Waals surface area contributed by atoms with Crippen molar-refractivity contribution in [2.45, 2.75) is 70.8 Å². The molecule has 2 aromatic rings. The second-order valence-electron chi connectivity index (χ2n) is 9.52. The van der Waals surface area contributed by atoms with Gasteiger partial charge in [-0.05, 0) is 61.8 Å². The van der Waals surface area contributed by atoms with E-state index in [-0.39, 0.29) is 16.5 Å². The van der Waals surface area contributed by atoms with Gasteiger partial charge in [0.05, 0.1) is 29.9 Å². The molecule has 0 saturated carbocycles. The zero-order valence-electron chi connectivity index (χ0n) is 20.2. The van der Waals surface area contributed by atoms with Crippen LogP contribution < -0.4 is 10.6 Å². The van der Waals surface area contributed by atoms with Crippen LogP contribution in [0.15, 0.2) is 47.6 Å². The van der Waals surface area contributed by atoms with Crippen LogP contribution in [0, 0.1) is 5.41 Å². The van der Waals surface area contributed by atoms with Gasteiger partial charge in [-0.1, -0.05) is 32.9 Å². The minimum absolute atomic E-state index is 0.162. The summed E-state index contributed by atoms with van der Waals surface area (Å²) in [6, 6.07) is 11.5. The Morgan fingerprint density at radius 3 is 2.38 bits per heavy atom. The average Bonchev–Trinajstić information content (AvgIpc) is 2.72. The number of rotatable bonds is 8. The minimum atomic E-state index is -1.83. The Morgan fingerprint density at radius 1 is 1.25 bits per heavy atom. The third-order valence-corrected chi connectivity index (χ3v) is 10.9. The first-order chi connectivity index (χ1) is 14.9. The Labute approximate surface area is 198 Å². The van der Waals surface area contributed by atoms with Gasteiger partial charge >= 0.3 is 0 Å². The molecule has 1 aromatic heterocycles. The molecule has 174 valence electrons. The van der Waals surface area contributed by atoms with E-state index in [1.54, 1.807) is 17.2 Å². The molecule has 0 aliphatic carbocycles. The fourth-order valence-corrected chi connectivity index (χ4v) is 3.67. The molecule has 0 aliphatic rings. The topological polar surface area (TPSA) is 87.6 Å². The predicted octanol–water partition coefficient (Wildman–Crippen LogP) is 6.06. The van der Waals surface area contributed by atoms with E-state index in [0.717, 1.165) is 11.3 Å². The molecule has 3 N–H and O–H groups in total. The first-order valence-electron chi connectivity index (χ1n) is 10.8. The third-order valence-electron chi connectivity index (χ3n) is 6.05. The summed E-state index contributed by atoms with van der Waals surface area (Å²) in [5, 5.41) is 8.08. The van der Waals surface area contributed by atoms with Crippen LogP contribution in [0.2, 0.25) is 18.1 Å². The Bertz CT molecular complexity index is 938. The number of pyridine rings is 1. The largest absolute Gasteiger partial charge is 0.413 e. The van der Waals surface area contributed by atoms with Crippen molar-refractivity contribution in [3.05, 3.63) is 53.7 Å². The van der Waals surface area contributed by atoms with Crippen LogP contribution in [-0.2, 0) is 11.0 Å². The van der Waals surface area contributed by atoms with Crippen molar-refractivity contribution >= 4 is 43.6 Å². The molecule has 0 spiro atoms. The molecule has 0 radical (unpaired) electrons. The van der Waals surface area contributed by atoms with Crippen LogP contribution >= 0.6 is 11.6 Å². The molecule has 0 bridgehead atoms. The lowest BCUT2D eigenvalue weighted by Gasteiger charge is -2.36. The van der Waals surface area contributed by atoms with Crippen molar-refractivity contribution in [1.29, 1.82) is 5.41 Å². The smallest absolute Gasteiger partial charge is 0.192 e. The Hall–Kier alpha value is -2.22. The molecule has 0 aliphatic heterocycles. The summed E-state index contributed by atoms with van der Waals surface area (Å²) in [5.41, 5.74) is 8.69. The fraction of sp³-hybridized carbons (Fsp3) is 0.458. The lowest BCUT2D eigenvalue weighted by Crippen LogP contribution is -2.40. The Balaban J connectivity index is 2.35. The predicted molar refractivity (Wildman–Crippen MR) is 140 cm³/mol. The van der Waals surface area contributed by atoms with Gasteiger partial charge < -0.3 is 10.2 Å². The highest BCUT2D eigenvalue weighted by molar-refractivity contribution is 6.74. The molecular weight excluding hydrogens is 438 g/mol. The van der Waals surface area contributed by atoms with Gasteiger partial charge in [0.1, 0.15) is 11.7 Å². The van der Waals surface area contributed by atoms with Crippen molar-refractivity contribution < 1.29 is 4.43 Å². The maximum absolute atomic E-state index is 8.09. The molecule has 8 heteroatoms. The van der Waals surface area contributed by atoms with Gasteiger partial charge in [0.2, 0.25) is 0 Å². The molecule has 0 fully saturated rings. The van der Waals surface area contributed by atoms with E-state index in [9.17, 15) is 0 Å². The summed E-state index contributed by atoms with van der Waals surface area (Å²) in [7, 11) is -1.83. The van der Waals surface area contributed by atoms with Crippen molar-refractivity contribution in [1.82, 2.24) is 4.98 Å². The molecule has 6 nitrogen and oxygen atoms in total. The number of nitrogens with one attached hydrogen (secondary N) is 1. The maximum atomic E-state index is 8.09. The summed E-state index contributed by atoms with van der Waals surface area (Å²) in [6.07, 6.45) is 2.87. The number of aromatic nitrogens is 1. The fourth-order valence-electron chi connectivity index (χ4n) is 2.65. The number of hydrogen-bond donors (Lipinski definition) is 2. The number of aliphatic imine (C=N–C) groups is 1. The SMILES string of the molecule is CC(/N=C(/c1cccnc1N)N(C=N)c1ccc(CO[Si](C)(C)C(C)(C)C)cc1)[C@@H](C)Cl. The molecule has 0 saturated heterocycles. The number of hydrogen-bond acceptors (Lipinski definition) is 5. The van der Waals surface area contributed by atoms with Crippen LogP contribution in [-0.4, -0.2) is 36.9 Å². The number of halogens is 1. The van der Waals surface area contributed by atoms with Crippen LogP contribution in [0.4, 0.5) is 11.5 Å². The number of amidine groups is 1. The average molecular weight is 474 g/mol. The number of nitrogen functional groups attached to an aromatic ring is 1. The van der Waals surface area contributed by atoms with E-state index in [4.69, 9.17) is 32.2 Å². The molecule has 32 heavy (non-hydrogen) atoms. The second-order valence-corrected chi connectivity index (χ2v) is 15.0. The van der Waals surface area contributed by atoms with E-state index in [1.807, 2.05) is 44.2 Å². The third kappa shape index (κ3) is 6.40. The van der Waals surface area contributed by atoms with Gasteiger partial charge in [0.25, 0.3) is 0 Å². The molecule has 0 amide bonds. The van der Waals surface area contributed by atoms with Gasteiger partial charge in [-0.25, -0.2) is 4.98 Å². The van der Waals surface area contributed by atoms with Crippen molar-refractivity contribution in [3.63, 3.8) is 0 Å². The zero-order chi connectivity index (χ0) is 24.1. The van der Waals surface area contributed by atoms with E-state index < -0.39 is 8.32 Å². The molecule has 1 aromatic carbocycles. The molecular formula is C24H36ClN5OSi. The van der Waals surface area contributed by atoms with Crippen molar-refractivity contribution in [2.75, 3.05) is 10.6 Å². The first-order valence-corrected chi connectivity index (χ1v) is 14.2. The summed E-state index contributed by atoms with van der Waals surface area (Å²) in [4.78, 5) is 10.7. The number of benzene rings is 1. The number of anilines is 2. The monoisotopic (exact) mass is 473 g/mol. The van der Waals surface area contributed by atoms with Gasteiger partial charge in [-0.2, -0.15) is 0 Å². The summed E-state index contributed by atoms with van der Waals surface area (Å²) in [6.45, 7) is 15.6. The number of nitrogens with two attached hydrogens (primary N) is 1. The van der Waals surface area contributed by atoms with Crippen LogP contribution in [0.25, 0.3) is 0 Å². The van der Waals surface area contributed by atoms with E-state index >= 15 is 0 Å². The van der Waals surface area contributed by atoms with E-state index in [1.165, 1.54) is 6.34 Å². The Kier molecular flexibility index (Phi) is 8.62. The summed E-state index contributed by atoms with van der Waals surface area (Å²) < 4.78 is 6.34. The standard InChI is InChI=1S/C24H36ClN5OSi/c1-17(25)18(2)29-23(21-9-8-14-28-22(21)27)30(16-26)20-12-10-19(11-13-20)15-31-32(6,7)24(3,4)5/h8-14,16-18,26H,15H2,1-7H3,(H2,27,28)/b26-16?,29-23-/t17-,18?/m1/s1. The first kappa shape index (κ1) is 26.0. The highest BCUT2D eigenvalue weighted by Crippen LogP contribution is 2.37. The van der Waals surface area contributed by atoms with Gasteiger partial charge in [0, 0.05) is 11.9 Å². The summed E-state index contributed by atoms with van der Waals surface area (Å²) in [5.74, 6) is 0.891. The quantitative estimate of drug-likeness (QED) is 0.211. The van der Waals surface area contributed by atoms with Gasteiger partial charge in [-0.3, -0.25) is 15.3 Å². The summed E-state index contributed by atoms with van der Waals surface area (Å²) >= 11 is 6.28. The molecule has 1 unspecified atom stereocenters. The van der Waals surface area contributed by atoms with Crippen molar-refractivity contribution in [3.8, 4) is 0 Å². The zero-order valence-corrected chi connectivity index (χ0v) is 21.9. The maximum Gasteiger partial charge on any atom is 0.192 e. The van der Waals surface area contributed by atoms with Gasteiger partial charge in [0.15, 0.2) is 8.32 Å². The number of alkyl halides is 1. The normalized spacial score (nSPS) is 14.7. The highest BCUT2D eigenvalue weighted by atomic mass is 35.5. The minimum Gasteiger partial charge on any atom is -0.413 e. The molecule has 2 rings (SSSR count). The van der Waals surface area contributed by atoms with Crippen molar-refractivity contribution in [2.24, 2.45) is 4.99 Å². The van der Waals surface area contributed by atoms with E-state index in [0.29, 0.717) is 23.8 Å². The van der Waals surface area contributed by atoms with E-state index in [2.05, 4.69) is 38.8 Å². The lowest BCUT2D eigenvalue weighted by atomic mass is 10.1. The molecule has 1 heterocycles. The second kappa shape index (κ2) is 10.6. The van der Waals surface area contributed by atoms with Crippen LogP contribution in [0.3, 0.4) is 0 Å².